The maximum absolute atomic E-state index is 5.82. The smallest absolute Gasteiger partial charge is 0.129 e. The Morgan fingerprint density at radius 3 is 2.87 bits per heavy atom. The van der Waals surface area contributed by atoms with Crippen LogP contribution >= 0.6 is 24.0 Å². The molecule has 1 unspecified atom stereocenters. The van der Waals surface area contributed by atoms with Crippen molar-refractivity contribution in [2.24, 2.45) is 5.73 Å². The second kappa shape index (κ2) is 5.66. The number of nitrogens with two attached hydrogens (primary N) is 1. The molecular weight excluding hydrogens is 233 g/mol. The van der Waals surface area contributed by atoms with E-state index in [1.807, 2.05) is 18.3 Å². The van der Waals surface area contributed by atoms with Gasteiger partial charge < -0.3 is 5.73 Å². The maximum Gasteiger partial charge on any atom is 0.129 e. The number of hydrogen-bond donors (Lipinski definition) is 1. The quantitative estimate of drug-likeness (QED) is 0.810. The zero-order valence-corrected chi connectivity index (χ0v) is 9.97. The molecule has 0 saturated carbocycles. The molecule has 1 saturated heterocycles. The number of pyridine rings is 1. The van der Waals surface area contributed by atoms with E-state index in [0.29, 0.717) is 11.2 Å². The average Bonchev–Trinajstić information content (AvgIpc) is 2.56. The van der Waals surface area contributed by atoms with Gasteiger partial charge in [-0.2, -0.15) is 0 Å². The second-order valence-electron chi connectivity index (χ2n) is 3.77. The normalized spacial score (nSPS) is 21.3. The van der Waals surface area contributed by atoms with Crippen molar-refractivity contribution in [1.29, 1.82) is 0 Å². The molecule has 0 spiro atoms. The molecule has 0 radical (unpaired) electrons. The van der Waals surface area contributed by atoms with Crippen molar-refractivity contribution in [3.63, 3.8) is 0 Å². The van der Waals surface area contributed by atoms with E-state index in [-0.39, 0.29) is 12.4 Å². The largest absolute Gasteiger partial charge is 0.326 e. The van der Waals surface area contributed by atoms with Crippen LogP contribution in [0.2, 0.25) is 5.15 Å². The highest BCUT2D eigenvalue weighted by molar-refractivity contribution is 6.29. The van der Waals surface area contributed by atoms with Crippen LogP contribution in [0.1, 0.15) is 12.0 Å². The Labute approximate surface area is 101 Å². The third kappa shape index (κ3) is 3.61. The van der Waals surface area contributed by atoms with Crippen LogP contribution in [0, 0.1) is 0 Å². The lowest BCUT2D eigenvalue weighted by Crippen LogP contribution is -2.26. The van der Waals surface area contributed by atoms with Crippen molar-refractivity contribution >= 4 is 24.0 Å². The van der Waals surface area contributed by atoms with E-state index in [2.05, 4.69) is 9.88 Å². The van der Waals surface area contributed by atoms with Crippen LogP contribution in [-0.2, 0) is 6.54 Å². The minimum absolute atomic E-state index is 0. The van der Waals surface area contributed by atoms with Crippen molar-refractivity contribution in [2.45, 2.75) is 19.0 Å². The summed E-state index contributed by atoms with van der Waals surface area (Å²) in [5.74, 6) is 0. The maximum atomic E-state index is 5.82. The van der Waals surface area contributed by atoms with Gasteiger partial charge >= 0.3 is 0 Å². The molecule has 1 aromatic rings. The Balaban J connectivity index is 0.00000112. The summed E-state index contributed by atoms with van der Waals surface area (Å²) in [6, 6.07) is 4.18. The fraction of sp³-hybridized carbons (Fsp3) is 0.500. The van der Waals surface area contributed by atoms with Crippen LogP contribution < -0.4 is 5.73 Å². The van der Waals surface area contributed by atoms with Crippen LogP contribution in [-0.4, -0.2) is 29.0 Å². The van der Waals surface area contributed by atoms with E-state index in [4.69, 9.17) is 17.3 Å². The van der Waals surface area contributed by atoms with E-state index in [1.54, 1.807) is 0 Å². The Kier molecular flexibility index (Phi) is 4.80. The van der Waals surface area contributed by atoms with Gasteiger partial charge in [-0.1, -0.05) is 17.7 Å². The van der Waals surface area contributed by atoms with Crippen molar-refractivity contribution in [2.75, 3.05) is 13.1 Å². The molecule has 84 valence electrons. The Morgan fingerprint density at radius 1 is 1.53 bits per heavy atom. The Hall–Kier alpha value is -0.350. The third-order valence-electron chi connectivity index (χ3n) is 2.50. The first-order chi connectivity index (χ1) is 6.74. The molecule has 1 atom stereocenters. The zero-order valence-electron chi connectivity index (χ0n) is 8.40. The van der Waals surface area contributed by atoms with Gasteiger partial charge in [0, 0.05) is 31.9 Å². The van der Waals surface area contributed by atoms with Crippen molar-refractivity contribution in [1.82, 2.24) is 9.88 Å². The summed E-state index contributed by atoms with van der Waals surface area (Å²) in [6.07, 6.45) is 2.92. The molecule has 1 aromatic heterocycles. The summed E-state index contributed by atoms with van der Waals surface area (Å²) in [5, 5.41) is 0.548. The first kappa shape index (κ1) is 12.7. The summed E-state index contributed by atoms with van der Waals surface area (Å²) >= 11 is 5.71. The molecule has 2 N–H and O–H groups in total. The van der Waals surface area contributed by atoms with Crippen LogP contribution in [0.15, 0.2) is 18.3 Å². The average molecular weight is 248 g/mol. The minimum Gasteiger partial charge on any atom is -0.326 e. The van der Waals surface area contributed by atoms with Crippen LogP contribution in [0.25, 0.3) is 0 Å². The predicted molar refractivity (Wildman–Crippen MR) is 64.4 cm³/mol. The molecule has 1 fully saturated rings. The van der Waals surface area contributed by atoms with Crippen molar-refractivity contribution in [3.05, 3.63) is 29.0 Å². The Morgan fingerprint density at radius 2 is 2.33 bits per heavy atom. The lowest BCUT2D eigenvalue weighted by Gasteiger charge is -2.14. The highest BCUT2D eigenvalue weighted by Crippen LogP contribution is 2.12. The van der Waals surface area contributed by atoms with Gasteiger partial charge in [0.1, 0.15) is 5.15 Å². The third-order valence-corrected chi connectivity index (χ3v) is 2.73. The fourth-order valence-electron chi connectivity index (χ4n) is 1.76. The van der Waals surface area contributed by atoms with Crippen molar-refractivity contribution < 1.29 is 0 Å². The van der Waals surface area contributed by atoms with Crippen LogP contribution in [0.3, 0.4) is 0 Å². The van der Waals surface area contributed by atoms with E-state index in [1.165, 1.54) is 5.56 Å². The molecule has 0 bridgehead atoms. The van der Waals surface area contributed by atoms with Gasteiger partial charge in [-0.15, -0.1) is 12.4 Å². The fourth-order valence-corrected chi connectivity index (χ4v) is 1.88. The first-order valence-corrected chi connectivity index (χ1v) is 5.20. The molecule has 0 aliphatic carbocycles. The topological polar surface area (TPSA) is 42.1 Å². The number of rotatable bonds is 2. The predicted octanol–water partition coefficient (Wildman–Crippen LogP) is 1.69. The van der Waals surface area contributed by atoms with Gasteiger partial charge in [-0.25, -0.2) is 4.98 Å². The molecule has 1 aliphatic rings. The van der Waals surface area contributed by atoms with Gasteiger partial charge in [0.05, 0.1) is 0 Å². The molecule has 1 aliphatic heterocycles. The van der Waals surface area contributed by atoms with E-state index in [0.717, 1.165) is 26.1 Å². The van der Waals surface area contributed by atoms with Gasteiger partial charge in [0.2, 0.25) is 0 Å². The Bertz CT molecular complexity index is 302. The van der Waals surface area contributed by atoms with Gasteiger partial charge in [-0.3, -0.25) is 4.90 Å². The van der Waals surface area contributed by atoms with Crippen molar-refractivity contribution in [3.8, 4) is 0 Å². The summed E-state index contributed by atoms with van der Waals surface area (Å²) in [7, 11) is 0. The number of halogens is 2. The summed E-state index contributed by atoms with van der Waals surface area (Å²) in [6.45, 7) is 3.00. The SMILES string of the molecule is Cl.NC1CCN(Cc2ccc(Cl)nc2)C1. The molecule has 15 heavy (non-hydrogen) atoms. The van der Waals surface area contributed by atoms with E-state index < -0.39 is 0 Å². The zero-order chi connectivity index (χ0) is 9.97. The lowest BCUT2D eigenvalue weighted by atomic mass is 10.3. The molecular formula is C10H15Cl2N3. The standard InChI is InChI=1S/C10H14ClN3.ClH/c11-10-2-1-8(5-13-10)6-14-4-3-9(12)7-14;/h1-2,5,9H,3-4,6-7,12H2;1H. The highest BCUT2D eigenvalue weighted by atomic mass is 35.5. The minimum atomic E-state index is 0. The highest BCUT2D eigenvalue weighted by Gasteiger charge is 2.18. The summed E-state index contributed by atoms with van der Waals surface area (Å²) < 4.78 is 0. The molecule has 0 amide bonds. The number of nitrogens with zero attached hydrogens (tertiary/aromatic N) is 2. The van der Waals surface area contributed by atoms with Crippen LogP contribution in [0.4, 0.5) is 0 Å². The first-order valence-electron chi connectivity index (χ1n) is 4.82. The molecule has 0 aromatic carbocycles. The lowest BCUT2D eigenvalue weighted by molar-refractivity contribution is 0.326. The van der Waals surface area contributed by atoms with E-state index in [9.17, 15) is 0 Å². The van der Waals surface area contributed by atoms with E-state index >= 15 is 0 Å². The molecule has 2 heterocycles. The number of hydrogen-bond acceptors (Lipinski definition) is 3. The number of likely N-dealkylation sites (tertiary alicyclic amines) is 1. The summed E-state index contributed by atoms with van der Waals surface area (Å²) in [4.78, 5) is 6.39. The molecule has 5 heteroatoms. The number of aromatic nitrogens is 1. The monoisotopic (exact) mass is 247 g/mol. The molecule has 2 rings (SSSR count). The van der Waals surface area contributed by atoms with Gasteiger partial charge in [0.25, 0.3) is 0 Å². The summed E-state index contributed by atoms with van der Waals surface area (Å²) in [5.41, 5.74) is 7.02. The molecule has 3 nitrogen and oxygen atoms in total. The van der Waals surface area contributed by atoms with Gasteiger partial charge in [0.15, 0.2) is 0 Å². The second-order valence-corrected chi connectivity index (χ2v) is 4.16. The van der Waals surface area contributed by atoms with Crippen LogP contribution in [0.5, 0.6) is 0 Å². The van der Waals surface area contributed by atoms with Gasteiger partial charge in [-0.05, 0) is 18.1 Å².